The molecule has 0 radical (unpaired) electrons. The monoisotopic (exact) mass is 824 g/mol. The number of nitrogens with zero attached hydrogens (tertiary/aromatic N) is 6. The Balaban J connectivity index is 0.880. The van der Waals surface area contributed by atoms with Gasteiger partial charge in [-0.25, -0.2) is 18.4 Å². The van der Waals surface area contributed by atoms with Gasteiger partial charge in [-0.1, -0.05) is 41.9 Å². The number of aliphatic hydroxyl groups is 1. The molecular weight excluding hydrogens is 780 g/mol. The maximum absolute atomic E-state index is 12.7. The van der Waals surface area contributed by atoms with Gasteiger partial charge in [0.1, 0.15) is 17.3 Å². The van der Waals surface area contributed by atoms with Crippen molar-refractivity contribution in [3.8, 4) is 22.9 Å². The number of β-amino-alcohol motifs (C(OH)–C–C–N with tert-alkyl or cyclic N) is 1. The number of anilines is 2. The number of pyridine rings is 2. The zero-order chi connectivity index (χ0) is 40.0. The van der Waals surface area contributed by atoms with Crippen LogP contribution in [0.5, 0.6) is 11.8 Å². The molecule has 0 unspecified atom stereocenters. The molecule has 5 heterocycles. The Morgan fingerprint density at radius 2 is 1.76 bits per heavy atom. The number of ether oxygens (including phenoxy) is 2. The summed E-state index contributed by atoms with van der Waals surface area (Å²) in [4.78, 5) is 35.7. The van der Waals surface area contributed by atoms with Crippen LogP contribution in [0, 0.1) is 5.92 Å². The molecule has 4 aliphatic rings. The van der Waals surface area contributed by atoms with E-state index < -0.39 is 21.2 Å². The molecule has 14 nitrogen and oxygen atoms in total. The number of carbonyl (C=O) groups excluding carboxylic acids is 1. The highest BCUT2D eigenvalue weighted by Gasteiger charge is 2.39. The van der Waals surface area contributed by atoms with Crippen LogP contribution >= 0.6 is 11.6 Å². The molecule has 2 saturated heterocycles. The second kappa shape index (κ2) is 16.0. The first-order chi connectivity index (χ1) is 28.1. The predicted octanol–water partition coefficient (Wildman–Crippen LogP) is 5.56. The highest BCUT2D eigenvalue weighted by atomic mass is 35.5. The van der Waals surface area contributed by atoms with E-state index in [9.17, 15) is 18.3 Å². The van der Waals surface area contributed by atoms with Crippen LogP contribution in [0.25, 0.3) is 22.0 Å². The van der Waals surface area contributed by atoms with E-state index in [4.69, 9.17) is 26.1 Å². The highest BCUT2D eigenvalue weighted by molar-refractivity contribution is 7.90. The summed E-state index contributed by atoms with van der Waals surface area (Å²) in [5, 5.41) is 14.4. The summed E-state index contributed by atoms with van der Waals surface area (Å²) in [7, 11) is -1.98. The van der Waals surface area contributed by atoms with Crippen molar-refractivity contribution < 1.29 is 27.8 Å². The number of hydrogen-bond donors (Lipinski definition) is 3. The number of sulfonamides is 1. The van der Waals surface area contributed by atoms with Crippen molar-refractivity contribution in [1.82, 2.24) is 34.5 Å². The molecular formula is C42H45ClN8O6S. The van der Waals surface area contributed by atoms with E-state index in [1.807, 2.05) is 36.5 Å². The zero-order valence-electron chi connectivity index (χ0n) is 32.1. The first-order valence-corrected chi connectivity index (χ1v) is 21.7. The minimum Gasteiger partial charge on any atom is -0.480 e. The minimum atomic E-state index is -3.56. The number of methoxy groups -OCH3 is 1. The number of likely N-dealkylation sites (tertiary alicyclic amines) is 2. The fourth-order valence-corrected chi connectivity index (χ4v) is 10.0. The molecule has 2 aliphatic heterocycles. The number of aromatic nitrogens is 4. The summed E-state index contributed by atoms with van der Waals surface area (Å²) >= 11 is 7.18. The van der Waals surface area contributed by atoms with Gasteiger partial charge in [0.2, 0.25) is 27.7 Å². The van der Waals surface area contributed by atoms with Crippen LogP contribution in [0.15, 0.2) is 67.1 Å². The van der Waals surface area contributed by atoms with E-state index in [2.05, 4.69) is 53.0 Å². The molecule has 0 bridgehead atoms. The lowest BCUT2D eigenvalue weighted by molar-refractivity contribution is -0.122. The van der Waals surface area contributed by atoms with E-state index in [-0.39, 0.29) is 18.1 Å². The van der Waals surface area contributed by atoms with Gasteiger partial charge in [0.05, 0.1) is 41.3 Å². The molecule has 1 saturated carbocycles. The number of halogens is 1. The number of nitrogens with one attached hydrogen (secondary N) is 2. The van der Waals surface area contributed by atoms with E-state index >= 15 is 0 Å². The zero-order valence-corrected chi connectivity index (χ0v) is 33.7. The summed E-state index contributed by atoms with van der Waals surface area (Å²) in [6.45, 7) is 3.74. The predicted molar refractivity (Wildman–Crippen MR) is 219 cm³/mol. The van der Waals surface area contributed by atoms with Gasteiger partial charge in [-0.05, 0) is 85.5 Å². The Hall–Kier alpha value is -4.93. The number of fused-ring (bicyclic) bond motifs is 2. The minimum absolute atomic E-state index is 0.216. The number of aliphatic hydroxyl groups excluding tert-OH is 1. The van der Waals surface area contributed by atoms with Crippen molar-refractivity contribution in [3.63, 3.8) is 0 Å². The van der Waals surface area contributed by atoms with Crippen molar-refractivity contribution in [2.24, 2.45) is 5.92 Å². The molecule has 58 heavy (non-hydrogen) atoms. The molecule has 302 valence electrons. The van der Waals surface area contributed by atoms with Crippen LogP contribution in [0.2, 0.25) is 5.02 Å². The molecule has 5 aromatic rings. The lowest BCUT2D eigenvalue weighted by Gasteiger charge is -2.18. The standard InChI is InChI=1S/C42H45ClN8O6S/c1-56-42-35(24-51-17-14-28(52)23-51)45-20-37(48-42)57-36-11-10-31-30(4-2-5-32(31)36)33-6-3-7-34(38(33)43)47-40-39-26(12-15-44-40)18-25(19-46-39)21-50-16-13-27(22-50)41(53)49-58(54,55)29-8-9-29/h2-7,12,15,18-20,27-29,36,52H,8-11,13-14,16-17,21-24H2,1H3,(H,44,47)(H,49,53)/t27-,28-,36-/m1/s1. The van der Waals surface area contributed by atoms with Crippen molar-refractivity contribution in [1.29, 1.82) is 0 Å². The van der Waals surface area contributed by atoms with E-state index in [1.165, 1.54) is 5.56 Å². The third-order valence-corrected chi connectivity index (χ3v) is 13.8. The summed E-state index contributed by atoms with van der Waals surface area (Å²) in [5.74, 6) is 0.619. The Kier molecular flexibility index (Phi) is 10.7. The molecule has 9 rings (SSSR count). The fourth-order valence-electron chi connectivity index (χ4n) is 8.40. The molecule has 3 fully saturated rings. The van der Waals surface area contributed by atoms with Gasteiger partial charge in [0, 0.05) is 56.1 Å². The lowest BCUT2D eigenvalue weighted by Crippen LogP contribution is -2.38. The van der Waals surface area contributed by atoms with Crippen LogP contribution in [0.4, 0.5) is 11.5 Å². The van der Waals surface area contributed by atoms with Crippen molar-refractivity contribution >= 4 is 49.9 Å². The summed E-state index contributed by atoms with van der Waals surface area (Å²) in [6, 6.07) is 16.1. The van der Waals surface area contributed by atoms with Gasteiger partial charge in [0.25, 0.3) is 0 Å². The maximum atomic E-state index is 12.7. The molecule has 1 amide bonds. The number of amides is 1. The average Bonchev–Trinajstić information content (AvgIpc) is 3.67. The number of rotatable bonds is 13. The SMILES string of the molecule is COc1nc(O[C@@H]2CCc3c(-c4cccc(Nc5nccc6cc(CN7CC[C@@H](C(=O)NS(=O)(=O)C8CC8)C7)cnc56)c4Cl)cccc32)cnc1CN1CC[C@@H](O)C1. The summed E-state index contributed by atoms with van der Waals surface area (Å²) in [5.41, 5.74) is 7.25. The normalized spacial score (nSPS) is 21.0. The molecule has 16 heteroatoms. The van der Waals surface area contributed by atoms with Crippen molar-refractivity contribution in [3.05, 3.63) is 94.5 Å². The van der Waals surface area contributed by atoms with Gasteiger partial charge in [-0.15, -0.1) is 0 Å². The van der Waals surface area contributed by atoms with Gasteiger partial charge in [-0.3, -0.25) is 24.3 Å². The van der Waals surface area contributed by atoms with E-state index in [0.717, 1.165) is 53.4 Å². The Morgan fingerprint density at radius 3 is 2.57 bits per heavy atom. The summed E-state index contributed by atoms with van der Waals surface area (Å²) in [6.07, 6.45) is 8.83. The molecule has 2 aromatic carbocycles. The Morgan fingerprint density at radius 1 is 0.948 bits per heavy atom. The summed E-state index contributed by atoms with van der Waals surface area (Å²) < 4.78 is 38.9. The molecule has 3 N–H and O–H groups in total. The Labute approximate surface area is 342 Å². The topological polar surface area (TPSA) is 172 Å². The first-order valence-electron chi connectivity index (χ1n) is 19.8. The van der Waals surface area contributed by atoms with Gasteiger partial charge < -0.3 is 19.9 Å². The van der Waals surface area contributed by atoms with Crippen molar-refractivity contribution in [2.75, 3.05) is 38.6 Å². The molecule has 3 atom stereocenters. The van der Waals surface area contributed by atoms with Gasteiger partial charge >= 0.3 is 0 Å². The maximum Gasteiger partial charge on any atom is 0.240 e. The van der Waals surface area contributed by atoms with Gasteiger partial charge in [0.15, 0.2) is 5.82 Å². The Bertz CT molecular complexity index is 2490. The molecule has 0 spiro atoms. The number of benzene rings is 2. The van der Waals surface area contributed by atoms with Crippen LogP contribution in [0.1, 0.15) is 60.6 Å². The third-order valence-electron chi connectivity index (χ3n) is 11.5. The van der Waals surface area contributed by atoms with Gasteiger partial charge in [-0.2, -0.15) is 4.98 Å². The fraction of sp³-hybridized carbons (Fsp3) is 0.405. The highest BCUT2D eigenvalue weighted by Crippen LogP contribution is 2.44. The van der Waals surface area contributed by atoms with Crippen LogP contribution < -0.4 is 19.5 Å². The van der Waals surface area contributed by atoms with E-state index in [0.29, 0.717) is 91.5 Å². The molecule has 3 aromatic heterocycles. The van der Waals surface area contributed by atoms with Crippen molar-refractivity contribution in [2.45, 2.75) is 69.1 Å². The quantitative estimate of drug-likeness (QED) is 0.135. The lowest BCUT2D eigenvalue weighted by atomic mass is 9.96. The van der Waals surface area contributed by atoms with Crippen LogP contribution in [-0.4, -0.2) is 93.8 Å². The first kappa shape index (κ1) is 38.6. The average molecular weight is 825 g/mol. The van der Waals surface area contributed by atoms with Crippen LogP contribution in [0.3, 0.4) is 0 Å². The number of carbonyl (C=O) groups is 1. The second-order valence-electron chi connectivity index (χ2n) is 15.7. The largest absolute Gasteiger partial charge is 0.480 e. The smallest absolute Gasteiger partial charge is 0.240 e. The third kappa shape index (κ3) is 8.06. The second-order valence-corrected chi connectivity index (χ2v) is 18.0. The molecule has 2 aliphatic carbocycles. The van der Waals surface area contributed by atoms with Crippen LogP contribution in [-0.2, 0) is 34.3 Å². The van der Waals surface area contributed by atoms with E-state index in [1.54, 1.807) is 19.5 Å². The number of hydrogen-bond acceptors (Lipinski definition) is 13.